The summed E-state index contributed by atoms with van der Waals surface area (Å²) in [5.74, 6) is 0.353. The largest absolute Gasteiger partial charge is 0.497 e. The Balaban J connectivity index is 1.62. The van der Waals surface area contributed by atoms with Crippen LogP contribution in [0.3, 0.4) is 0 Å². The highest BCUT2D eigenvalue weighted by Gasteiger charge is 2.23. The van der Waals surface area contributed by atoms with Crippen LogP contribution in [0.25, 0.3) is 11.3 Å². The number of methoxy groups -OCH3 is 1. The molecule has 0 atom stereocenters. The molecule has 0 aliphatic carbocycles. The van der Waals surface area contributed by atoms with Crippen molar-refractivity contribution in [3.63, 3.8) is 0 Å². The van der Waals surface area contributed by atoms with Crippen LogP contribution in [0, 0.1) is 17.0 Å². The normalized spacial score (nSPS) is 13.3. The third-order valence-corrected chi connectivity index (χ3v) is 6.15. The van der Waals surface area contributed by atoms with E-state index in [0.717, 1.165) is 47.8 Å². The number of nitro benzene ring substituents is 1. The van der Waals surface area contributed by atoms with Crippen LogP contribution in [0.4, 0.5) is 16.5 Å². The standard InChI is InChI=1S/C22H22N4O4S/c1-14-20(15-5-8-17(30-2)9-6-15)23-22(31-14)24-21(27)18-13-16(26(28)29)7-10-19(18)25-11-3-4-12-25/h5-10,13H,3-4,11-12H2,1-2H3,(H,23,24,27). The number of hydrogen-bond donors (Lipinski definition) is 1. The zero-order chi connectivity index (χ0) is 22.0. The monoisotopic (exact) mass is 438 g/mol. The molecule has 0 spiro atoms. The Hall–Kier alpha value is -3.46. The molecule has 1 aliphatic heterocycles. The van der Waals surface area contributed by atoms with Crippen molar-refractivity contribution in [2.24, 2.45) is 0 Å². The number of carbonyl (C=O) groups excluding carboxylic acids is 1. The van der Waals surface area contributed by atoms with E-state index in [1.807, 2.05) is 31.2 Å². The quantitative estimate of drug-likeness (QED) is 0.435. The Bertz CT molecular complexity index is 1120. The van der Waals surface area contributed by atoms with Crippen LogP contribution in [-0.2, 0) is 0 Å². The van der Waals surface area contributed by atoms with Crippen LogP contribution in [0.15, 0.2) is 42.5 Å². The first-order chi connectivity index (χ1) is 15.0. The fourth-order valence-electron chi connectivity index (χ4n) is 3.68. The smallest absolute Gasteiger partial charge is 0.270 e. The fraction of sp³-hybridized carbons (Fsp3) is 0.273. The lowest BCUT2D eigenvalue weighted by Crippen LogP contribution is -2.23. The Morgan fingerprint density at radius 1 is 1.19 bits per heavy atom. The van der Waals surface area contributed by atoms with Crippen LogP contribution >= 0.6 is 11.3 Å². The first-order valence-electron chi connectivity index (χ1n) is 9.93. The summed E-state index contributed by atoms with van der Waals surface area (Å²) in [4.78, 5) is 31.5. The van der Waals surface area contributed by atoms with Crippen molar-refractivity contribution >= 4 is 33.8 Å². The zero-order valence-electron chi connectivity index (χ0n) is 17.3. The lowest BCUT2D eigenvalue weighted by atomic mass is 10.1. The van der Waals surface area contributed by atoms with Gasteiger partial charge < -0.3 is 9.64 Å². The molecule has 9 heteroatoms. The second-order valence-corrected chi connectivity index (χ2v) is 8.46. The number of amides is 1. The number of nitrogens with zero attached hydrogens (tertiary/aromatic N) is 3. The van der Waals surface area contributed by atoms with E-state index in [2.05, 4.69) is 15.2 Å². The molecule has 1 fully saturated rings. The van der Waals surface area contributed by atoms with Gasteiger partial charge in [-0.25, -0.2) is 4.98 Å². The summed E-state index contributed by atoms with van der Waals surface area (Å²) in [6, 6.07) is 12.0. The molecule has 1 amide bonds. The van der Waals surface area contributed by atoms with E-state index in [-0.39, 0.29) is 11.3 Å². The SMILES string of the molecule is COc1ccc(-c2nc(NC(=O)c3cc([N+](=O)[O-])ccc3N3CCCC3)sc2C)cc1. The van der Waals surface area contributed by atoms with Crippen LogP contribution in [0.5, 0.6) is 5.75 Å². The maximum atomic E-state index is 13.1. The lowest BCUT2D eigenvalue weighted by Gasteiger charge is -2.20. The summed E-state index contributed by atoms with van der Waals surface area (Å²) in [7, 11) is 1.61. The minimum Gasteiger partial charge on any atom is -0.497 e. The molecule has 3 aromatic rings. The maximum Gasteiger partial charge on any atom is 0.270 e. The first-order valence-corrected chi connectivity index (χ1v) is 10.7. The molecule has 0 saturated carbocycles. The second kappa shape index (κ2) is 8.73. The highest BCUT2D eigenvalue weighted by atomic mass is 32.1. The summed E-state index contributed by atoms with van der Waals surface area (Å²) >= 11 is 1.37. The van der Waals surface area contributed by atoms with Gasteiger partial charge in [0.1, 0.15) is 5.75 Å². The maximum absolute atomic E-state index is 13.1. The van der Waals surface area contributed by atoms with E-state index in [4.69, 9.17) is 4.74 Å². The van der Waals surface area contributed by atoms with E-state index in [1.165, 1.54) is 23.5 Å². The summed E-state index contributed by atoms with van der Waals surface area (Å²) in [6.45, 7) is 3.60. The van der Waals surface area contributed by atoms with Gasteiger partial charge in [-0.3, -0.25) is 20.2 Å². The zero-order valence-corrected chi connectivity index (χ0v) is 18.1. The summed E-state index contributed by atoms with van der Waals surface area (Å²) in [5, 5.41) is 14.5. The van der Waals surface area contributed by atoms with Gasteiger partial charge in [-0.05, 0) is 50.1 Å². The fourth-order valence-corrected chi connectivity index (χ4v) is 4.52. The average Bonchev–Trinajstić information content (AvgIpc) is 3.43. The van der Waals surface area contributed by atoms with E-state index in [0.29, 0.717) is 10.8 Å². The molecule has 1 aromatic heterocycles. The Morgan fingerprint density at radius 3 is 2.55 bits per heavy atom. The van der Waals surface area contributed by atoms with Crippen molar-refractivity contribution in [2.45, 2.75) is 19.8 Å². The number of carbonyl (C=O) groups is 1. The van der Waals surface area contributed by atoms with Gasteiger partial charge in [0.25, 0.3) is 11.6 Å². The number of nitro groups is 1. The number of thiazole rings is 1. The van der Waals surface area contributed by atoms with E-state index < -0.39 is 10.8 Å². The minimum atomic E-state index is -0.486. The van der Waals surface area contributed by atoms with Gasteiger partial charge in [-0.1, -0.05) is 0 Å². The molecule has 160 valence electrons. The van der Waals surface area contributed by atoms with Crippen molar-refractivity contribution < 1.29 is 14.5 Å². The van der Waals surface area contributed by atoms with Gasteiger partial charge in [0.15, 0.2) is 5.13 Å². The van der Waals surface area contributed by atoms with Crippen molar-refractivity contribution in [2.75, 3.05) is 30.4 Å². The number of aryl methyl sites for hydroxylation is 1. The van der Waals surface area contributed by atoms with Gasteiger partial charge >= 0.3 is 0 Å². The van der Waals surface area contributed by atoms with Gasteiger partial charge in [0.05, 0.1) is 29.0 Å². The number of ether oxygens (including phenoxy) is 1. The summed E-state index contributed by atoms with van der Waals surface area (Å²) in [6.07, 6.45) is 2.07. The van der Waals surface area contributed by atoms with Crippen molar-refractivity contribution in [3.05, 3.63) is 63.0 Å². The number of hydrogen-bond acceptors (Lipinski definition) is 7. The predicted molar refractivity (Wildman–Crippen MR) is 121 cm³/mol. The Kier molecular flexibility index (Phi) is 5.85. The number of anilines is 2. The van der Waals surface area contributed by atoms with Gasteiger partial charge in [-0.2, -0.15) is 0 Å². The predicted octanol–water partition coefficient (Wildman–Crippen LogP) is 4.89. The number of benzene rings is 2. The van der Waals surface area contributed by atoms with Crippen molar-refractivity contribution in [1.29, 1.82) is 0 Å². The Morgan fingerprint density at radius 2 is 1.90 bits per heavy atom. The third kappa shape index (κ3) is 4.36. The molecule has 1 saturated heterocycles. The lowest BCUT2D eigenvalue weighted by molar-refractivity contribution is -0.384. The molecule has 1 aliphatic rings. The molecule has 0 bridgehead atoms. The van der Waals surface area contributed by atoms with Crippen molar-refractivity contribution in [1.82, 2.24) is 4.98 Å². The van der Waals surface area contributed by atoms with Gasteiger partial charge in [0.2, 0.25) is 0 Å². The average molecular weight is 439 g/mol. The molecule has 2 aromatic carbocycles. The highest BCUT2D eigenvalue weighted by Crippen LogP contribution is 2.33. The van der Waals surface area contributed by atoms with Gasteiger partial charge in [-0.15, -0.1) is 11.3 Å². The highest BCUT2D eigenvalue weighted by molar-refractivity contribution is 7.16. The molecule has 0 unspecified atom stereocenters. The van der Waals surface area contributed by atoms with E-state index in [1.54, 1.807) is 13.2 Å². The van der Waals surface area contributed by atoms with Gasteiger partial charge in [0, 0.05) is 35.7 Å². The molecule has 31 heavy (non-hydrogen) atoms. The number of rotatable bonds is 6. The Labute approximate surface area is 183 Å². The van der Waals surface area contributed by atoms with E-state index in [9.17, 15) is 14.9 Å². The van der Waals surface area contributed by atoms with Crippen LogP contribution in [0.2, 0.25) is 0 Å². The number of aromatic nitrogens is 1. The number of non-ortho nitro benzene ring substituents is 1. The van der Waals surface area contributed by atoms with Crippen molar-refractivity contribution in [3.8, 4) is 17.0 Å². The topological polar surface area (TPSA) is 97.6 Å². The van der Waals surface area contributed by atoms with E-state index >= 15 is 0 Å². The van der Waals surface area contributed by atoms with Crippen LogP contribution < -0.4 is 15.0 Å². The molecule has 8 nitrogen and oxygen atoms in total. The first kappa shape index (κ1) is 20.8. The molecule has 4 rings (SSSR count). The minimum absolute atomic E-state index is 0.109. The molecule has 2 heterocycles. The number of nitrogens with one attached hydrogen (secondary N) is 1. The molecular formula is C22H22N4O4S. The van der Waals surface area contributed by atoms with Crippen LogP contribution in [-0.4, -0.2) is 36.0 Å². The summed E-state index contributed by atoms with van der Waals surface area (Å²) in [5.41, 5.74) is 2.59. The van der Waals surface area contributed by atoms with Crippen LogP contribution in [0.1, 0.15) is 28.1 Å². The molecular weight excluding hydrogens is 416 g/mol. The molecule has 0 radical (unpaired) electrons. The second-order valence-electron chi connectivity index (χ2n) is 7.26. The summed E-state index contributed by atoms with van der Waals surface area (Å²) < 4.78 is 5.20. The third-order valence-electron chi connectivity index (χ3n) is 5.26. The molecule has 1 N–H and O–H groups in total.